The molecule has 2 saturated heterocycles. The van der Waals surface area contributed by atoms with Gasteiger partial charge in [-0.2, -0.15) is 0 Å². The highest BCUT2D eigenvalue weighted by molar-refractivity contribution is 5.84. The van der Waals surface area contributed by atoms with Crippen molar-refractivity contribution < 1.29 is 14.3 Å². The first-order valence-electron chi connectivity index (χ1n) is 10.3. The number of carbonyl (C=O) groups is 2. The van der Waals surface area contributed by atoms with Gasteiger partial charge >= 0.3 is 6.03 Å². The smallest absolute Gasteiger partial charge is 0.317 e. The van der Waals surface area contributed by atoms with Crippen molar-refractivity contribution in [2.45, 2.75) is 25.3 Å². The number of urea groups is 1. The van der Waals surface area contributed by atoms with Crippen LogP contribution in [0.1, 0.15) is 18.4 Å². The second kappa shape index (κ2) is 10.4. The molecule has 2 fully saturated rings. The highest BCUT2D eigenvalue weighted by Crippen LogP contribution is 2.19. The maximum atomic E-state index is 12.7. The topological polar surface area (TPSA) is 65.1 Å². The van der Waals surface area contributed by atoms with Crippen LogP contribution in [0.15, 0.2) is 30.3 Å². The lowest BCUT2D eigenvalue weighted by Crippen LogP contribution is -2.45. The van der Waals surface area contributed by atoms with Gasteiger partial charge in [-0.3, -0.25) is 9.69 Å². The lowest BCUT2D eigenvalue weighted by molar-refractivity contribution is -0.132. The van der Waals surface area contributed by atoms with Crippen LogP contribution < -0.4 is 5.32 Å². The van der Waals surface area contributed by atoms with Crippen molar-refractivity contribution in [3.05, 3.63) is 35.9 Å². The first-order valence-corrected chi connectivity index (χ1v) is 10.3. The summed E-state index contributed by atoms with van der Waals surface area (Å²) < 4.78 is 5.10. The number of ether oxygens (including phenoxy) is 1. The van der Waals surface area contributed by atoms with Gasteiger partial charge in [0.2, 0.25) is 5.91 Å². The third-order valence-electron chi connectivity index (χ3n) is 5.63. The number of carbonyl (C=O) groups excluding carboxylic acids is 2. The molecule has 2 aliphatic heterocycles. The number of amides is 3. The zero-order valence-electron chi connectivity index (χ0n) is 16.8. The normalized spacial score (nSPS) is 21.0. The number of nitrogens with one attached hydrogen (secondary N) is 1. The van der Waals surface area contributed by atoms with Crippen LogP contribution in [0.5, 0.6) is 0 Å². The molecule has 154 valence electrons. The first-order chi connectivity index (χ1) is 13.7. The lowest BCUT2D eigenvalue weighted by Gasteiger charge is -2.26. The average Bonchev–Trinajstić information content (AvgIpc) is 2.92. The summed E-state index contributed by atoms with van der Waals surface area (Å²) in [5.74, 6) is 0.206. The van der Waals surface area contributed by atoms with Crippen molar-refractivity contribution in [2.24, 2.45) is 0 Å². The summed E-state index contributed by atoms with van der Waals surface area (Å²) in [5.41, 5.74) is 1.22. The molecule has 0 aromatic heterocycles. The molecular formula is C21H32N4O3. The van der Waals surface area contributed by atoms with Gasteiger partial charge in [-0.1, -0.05) is 30.3 Å². The van der Waals surface area contributed by atoms with E-state index in [-0.39, 0.29) is 18.0 Å². The Kier molecular flexibility index (Phi) is 7.68. The second-order valence-corrected chi connectivity index (χ2v) is 7.47. The molecule has 1 aromatic carbocycles. The fourth-order valence-electron chi connectivity index (χ4n) is 4.01. The molecule has 28 heavy (non-hydrogen) atoms. The van der Waals surface area contributed by atoms with Crippen LogP contribution in [0.4, 0.5) is 4.79 Å². The molecule has 0 radical (unpaired) electrons. The molecule has 0 aliphatic carbocycles. The van der Waals surface area contributed by atoms with E-state index in [1.54, 1.807) is 7.11 Å². The Bertz CT molecular complexity index is 640. The highest BCUT2D eigenvalue weighted by atomic mass is 16.5. The monoisotopic (exact) mass is 388 g/mol. The van der Waals surface area contributed by atoms with Gasteiger partial charge in [-0.05, 0) is 24.8 Å². The molecule has 0 spiro atoms. The maximum absolute atomic E-state index is 12.7. The first kappa shape index (κ1) is 20.6. The minimum absolute atomic E-state index is 0.00255. The Morgan fingerprint density at radius 3 is 2.75 bits per heavy atom. The summed E-state index contributed by atoms with van der Waals surface area (Å²) in [6.45, 7) is 5.70. The van der Waals surface area contributed by atoms with E-state index in [0.29, 0.717) is 26.2 Å². The zero-order chi connectivity index (χ0) is 19.8. The standard InChI is InChI=1S/C21H32N4O3/c1-28-17-16-24-13-9-19(20(24)26)23-11-5-12-25(15-14-23)21(27)22-10-8-18-6-3-2-4-7-18/h2-4,6-7,19H,5,8-17H2,1H3,(H,22,27)/t19-/m1/s1. The Morgan fingerprint density at radius 2 is 1.96 bits per heavy atom. The van der Waals surface area contributed by atoms with Crippen molar-refractivity contribution >= 4 is 11.9 Å². The summed E-state index contributed by atoms with van der Waals surface area (Å²) in [5, 5.41) is 3.03. The van der Waals surface area contributed by atoms with Crippen LogP contribution in [0.25, 0.3) is 0 Å². The van der Waals surface area contributed by atoms with E-state index in [4.69, 9.17) is 4.74 Å². The van der Waals surface area contributed by atoms with Crippen LogP contribution in [-0.2, 0) is 16.0 Å². The van der Waals surface area contributed by atoms with Crippen molar-refractivity contribution in [3.63, 3.8) is 0 Å². The molecule has 1 N–H and O–H groups in total. The summed E-state index contributed by atoms with van der Waals surface area (Å²) >= 11 is 0. The molecule has 1 aromatic rings. The SMILES string of the molecule is COCCN1CC[C@@H](N2CCCN(C(=O)NCCc3ccccc3)CC2)C1=O. The van der Waals surface area contributed by atoms with Gasteiger partial charge in [-0.25, -0.2) is 4.79 Å². The predicted octanol–water partition coefficient (Wildman–Crippen LogP) is 1.19. The van der Waals surface area contributed by atoms with Gasteiger partial charge in [0.1, 0.15) is 0 Å². The maximum Gasteiger partial charge on any atom is 0.317 e. The van der Waals surface area contributed by atoms with E-state index in [2.05, 4.69) is 22.3 Å². The van der Waals surface area contributed by atoms with E-state index in [1.165, 1.54) is 5.56 Å². The van der Waals surface area contributed by atoms with Crippen LogP contribution >= 0.6 is 0 Å². The molecule has 2 heterocycles. The second-order valence-electron chi connectivity index (χ2n) is 7.47. The Balaban J connectivity index is 1.43. The zero-order valence-corrected chi connectivity index (χ0v) is 16.8. The molecular weight excluding hydrogens is 356 g/mol. The number of hydrogen-bond donors (Lipinski definition) is 1. The van der Waals surface area contributed by atoms with Crippen LogP contribution in [0.3, 0.4) is 0 Å². The Labute approximate surface area is 167 Å². The molecule has 0 bridgehead atoms. The van der Waals surface area contributed by atoms with Gasteiger partial charge in [0.25, 0.3) is 0 Å². The summed E-state index contributed by atoms with van der Waals surface area (Å²) in [4.78, 5) is 31.2. The van der Waals surface area contributed by atoms with Crippen molar-refractivity contribution in [1.82, 2.24) is 20.0 Å². The summed E-state index contributed by atoms with van der Waals surface area (Å²) in [7, 11) is 1.66. The minimum Gasteiger partial charge on any atom is -0.383 e. The number of benzene rings is 1. The Hall–Kier alpha value is -2.12. The number of nitrogens with zero attached hydrogens (tertiary/aromatic N) is 3. The van der Waals surface area contributed by atoms with E-state index < -0.39 is 0 Å². The van der Waals surface area contributed by atoms with Gasteiger partial charge in [-0.15, -0.1) is 0 Å². The van der Waals surface area contributed by atoms with E-state index in [0.717, 1.165) is 45.4 Å². The van der Waals surface area contributed by atoms with Crippen molar-refractivity contribution in [2.75, 3.05) is 59.5 Å². The molecule has 2 aliphatic rings. The average molecular weight is 389 g/mol. The summed E-state index contributed by atoms with van der Waals surface area (Å²) in [6.07, 6.45) is 2.60. The third-order valence-corrected chi connectivity index (χ3v) is 5.63. The lowest BCUT2D eigenvalue weighted by atomic mass is 10.1. The van der Waals surface area contributed by atoms with Crippen LogP contribution in [0.2, 0.25) is 0 Å². The van der Waals surface area contributed by atoms with Gasteiger partial charge in [0.15, 0.2) is 0 Å². The minimum atomic E-state index is -0.0436. The molecule has 7 heteroatoms. The fraction of sp³-hybridized carbons (Fsp3) is 0.619. The predicted molar refractivity (Wildman–Crippen MR) is 108 cm³/mol. The Morgan fingerprint density at radius 1 is 1.14 bits per heavy atom. The molecule has 7 nitrogen and oxygen atoms in total. The third kappa shape index (κ3) is 5.45. The number of hydrogen-bond acceptors (Lipinski definition) is 4. The van der Waals surface area contributed by atoms with Crippen molar-refractivity contribution in [1.29, 1.82) is 0 Å². The molecule has 0 saturated carbocycles. The van der Waals surface area contributed by atoms with Crippen molar-refractivity contribution in [3.8, 4) is 0 Å². The van der Waals surface area contributed by atoms with Gasteiger partial charge in [0, 0.05) is 52.9 Å². The molecule has 3 rings (SSSR count). The molecule has 3 amide bonds. The summed E-state index contributed by atoms with van der Waals surface area (Å²) in [6, 6.07) is 10.1. The van der Waals surface area contributed by atoms with E-state index in [9.17, 15) is 9.59 Å². The fourth-order valence-corrected chi connectivity index (χ4v) is 4.01. The quantitative estimate of drug-likeness (QED) is 0.762. The van der Waals surface area contributed by atoms with Gasteiger partial charge in [0.05, 0.1) is 12.6 Å². The molecule has 0 unspecified atom stereocenters. The van der Waals surface area contributed by atoms with Crippen LogP contribution in [-0.4, -0.2) is 92.2 Å². The van der Waals surface area contributed by atoms with E-state index in [1.807, 2.05) is 28.0 Å². The number of rotatable bonds is 7. The van der Waals surface area contributed by atoms with Crippen LogP contribution in [0, 0.1) is 0 Å². The largest absolute Gasteiger partial charge is 0.383 e. The molecule has 1 atom stereocenters. The number of methoxy groups -OCH3 is 1. The van der Waals surface area contributed by atoms with E-state index >= 15 is 0 Å². The van der Waals surface area contributed by atoms with Gasteiger partial charge < -0.3 is 19.9 Å². The highest BCUT2D eigenvalue weighted by Gasteiger charge is 2.36. The number of likely N-dealkylation sites (tertiary alicyclic amines) is 1.